The first-order valence-electron chi connectivity index (χ1n) is 19.2. The quantitative estimate of drug-likeness (QED) is 0.0426. The van der Waals surface area contributed by atoms with Gasteiger partial charge in [-0.3, -0.25) is 9.59 Å². The number of hydrogen-bond donors (Lipinski definition) is 6. The van der Waals surface area contributed by atoms with Crippen molar-refractivity contribution in [2.75, 3.05) is 39.6 Å². The van der Waals surface area contributed by atoms with E-state index >= 15 is 0 Å². The van der Waals surface area contributed by atoms with E-state index in [9.17, 15) is 35.9 Å². The summed E-state index contributed by atoms with van der Waals surface area (Å²) in [5.74, 6) is -4.16. The van der Waals surface area contributed by atoms with Crippen LogP contribution in [0.25, 0.3) is 0 Å². The number of aliphatic hydroxyl groups is 2. The second kappa shape index (κ2) is 29.9. The molecule has 66 heavy (non-hydrogen) atoms. The Morgan fingerprint density at radius 3 is 1.15 bits per heavy atom. The lowest BCUT2D eigenvalue weighted by molar-refractivity contribution is -0.174. The number of alkyl halides is 6. The van der Waals surface area contributed by atoms with Gasteiger partial charge in [0.25, 0.3) is 0 Å². The average Bonchev–Trinajstić information content (AvgIpc) is 3.32. The Labute approximate surface area is 377 Å². The number of hydrogen-bond acceptors (Lipinski definition) is 12. The van der Waals surface area contributed by atoms with Crippen molar-refractivity contribution in [1.29, 1.82) is 21.0 Å². The lowest BCUT2D eigenvalue weighted by Crippen LogP contribution is -2.40. The fourth-order valence-corrected chi connectivity index (χ4v) is 4.87. The van der Waals surface area contributed by atoms with Gasteiger partial charge in [-0.25, -0.2) is 0 Å². The van der Waals surface area contributed by atoms with E-state index in [0.717, 1.165) is 11.1 Å². The number of rotatable bonds is 16. The lowest BCUT2D eigenvalue weighted by Gasteiger charge is -2.20. The number of carbonyl (C=O) groups is 2. The van der Waals surface area contributed by atoms with Crippen LogP contribution >= 0.6 is 0 Å². The van der Waals surface area contributed by atoms with Crippen LogP contribution in [0, 0.1) is 45.3 Å². The predicted octanol–water partition coefficient (Wildman–Crippen LogP) is 6.06. The second-order valence-corrected chi connectivity index (χ2v) is 13.2. The lowest BCUT2D eigenvalue weighted by atomic mass is 10.1. The van der Waals surface area contributed by atoms with Gasteiger partial charge >= 0.3 is 24.2 Å². The van der Waals surface area contributed by atoms with Crippen LogP contribution in [-0.2, 0) is 19.1 Å². The number of carbonyl (C=O) groups excluding carboxylic acids is 2. The largest absolute Gasteiger partial charge is 0.471 e. The van der Waals surface area contributed by atoms with Crippen LogP contribution in [0.4, 0.5) is 26.3 Å². The van der Waals surface area contributed by atoms with Crippen LogP contribution in [0.15, 0.2) is 122 Å². The van der Waals surface area contributed by atoms with Crippen molar-refractivity contribution in [1.82, 2.24) is 10.6 Å². The summed E-state index contributed by atoms with van der Waals surface area (Å²) in [6.07, 6.45) is -6.84. The van der Waals surface area contributed by atoms with Crippen molar-refractivity contribution in [2.45, 2.75) is 36.5 Å². The topological polar surface area (TPSA) is 264 Å². The molecular weight excluding hydrogens is 875 g/mol. The van der Waals surface area contributed by atoms with Gasteiger partial charge in [0, 0.05) is 0 Å². The molecule has 0 radical (unpaired) electrons. The Hall–Kier alpha value is -7.40. The Balaban J connectivity index is 0.000000448. The summed E-state index contributed by atoms with van der Waals surface area (Å²) in [5.41, 5.74) is 15.9. The van der Waals surface area contributed by atoms with E-state index in [4.69, 9.17) is 52.2 Å². The van der Waals surface area contributed by atoms with Crippen molar-refractivity contribution >= 4 is 11.8 Å². The van der Waals surface area contributed by atoms with Crippen molar-refractivity contribution in [3.8, 4) is 24.3 Å². The van der Waals surface area contributed by atoms with Crippen LogP contribution in [0.5, 0.6) is 0 Å². The number of nitrogens with two attached hydrogens (primary N) is 2. The van der Waals surface area contributed by atoms with Crippen molar-refractivity contribution < 1.29 is 55.6 Å². The van der Waals surface area contributed by atoms with Crippen LogP contribution in [0.3, 0.4) is 0 Å². The maximum Gasteiger partial charge on any atom is 0.471 e. The van der Waals surface area contributed by atoms with Gasteiger partial charge in [0.05, 0.1) is 110 Å². The van der Waals surface area contributed by atoms with Gasteiger partial charge in [-0.1, -0.05) is 60.7 Å². The number of nitrogens with zero attached hydrogens (tertiary/aromatic N) is 4. The summed E-state index contributed by atoms with van der Waals surface area (Å²) in [7, 11) is 0. The van der Waals surface area contributed by atoms with Crippen LogP contribution in [0.2, 0.25) is 0 Å². The molecule has 14 nitrogen and oxygen atoms in total. The standard InChI is InChI=1S/C14H13F3N2O2.C12H14N2O.C11H9F3N2O2.C9H10N2O/c1-2-7-21-9-12(19-13(20)14(15,16)17)11-5-3-10(8-18)4-6-11;1-2-7-15-9-12(14)11-5-3-10(8-13)4-6-11;12-11(13,14)10(18)16-9(6-17)8-3-1-7(5-15)2-4-8;10-5-7-1-3-8(4-2-7)9(11)6-12/h2-6,12H,1,7,9H2,(H,19,20);2-6,12H,1,7,9,14H2;1-4,9,17H,6H2,(H,16,18);1-4,9,12H,6,11H2/t2*12-;2*9-/m0000/s1. The van der Waals surface area contributed by atoms with E-state index in [1.165, 1.54) is 54.6 Å². The summed E-state index contributed by atoms with van der Waals surface area (Å²) < 4.78 is 83.4. The molecule has 4 atom stereocenters. The molecule has 4 rings (SSSR count). The van der Waals surface area contributed by atoms with Crippen LogP contribution in [0.1, 0.15) is 68.7 Å². The Kier molecular flexibility index (Phi) is 25.6. The Morgan fingerprint density at radius 1 is 0.545 bits per heavy atom. The molecule has 8 N–H and O–H groups in total. The maximum atomic E-state index is 12.3. The van der Waals surface area contributed by atoms with Crippen LogP contribution in [-0.4, -0.2) is 74.0 Å². The highest BCUT2D eigenvalue weighted by Crippen LogP contribution is 2.21. The number of aliphatic hydroxyl groups excluding tert-OH is 2. The SMILES string of the molecule is C=CCOC[C@H](N)c1ccc(C#N)cc1.C=CCOC[C@H](NC(=O)C(F)(F)F)c1ccc(C#N)cc1.N#Cc1ccc([C@@H](N)CO)cc1.N#Cc1ccc([C@H](CO)NC(=O)C(F)(F)F)cc1. The van der Waals surface area contributed by atoms with E-state index in [1.54, 1.807) is 47.8 Å². The Morgan fingerprint density at radius 2 is 0.848 bits per heavy atom. The summed E-state index contributed by atoms with van der Waals surface area (Å²) in [6.45, 7) is 7.19. The van der Waals surface area contributed by atoms with E-state index in [-0.39, 0.29) is 37.5 Å². The summed E-state index contributed by atoms with van der Waals surface area (Å²) in [4.78, 5) is 21.8. The smallest absolute Gasteiger partial charge is 0.394 e. The summed E-state index contributed by atoms with van der Waals surface area (Å²) in [6, 6.07) is 30.6. The van der Waals surface area contributed by atoms with Crippen molar-refractivity contribution in [3.63, 3.8) is 0 Å². The minimum absolute atomic E-state index is 0.0775. The highest BCUT2D eigenvalue weighted by molar-refractivity contribution is 5.82. The Bertz CT molecular complexity index is 2280. The number of halogens is 6. The number of nitriles is 4. The second-order valence-electron chi connectivity index (χ2n) is 13.2. The third-order valence-corrected chi connectivity index (χ3v) is 8.38. The van der Waals surface area contributed by atoms with E-state index in [0.29, 0.717) is 41.0 Å². The highest BCUT2D eigenvalue weighted by Gasteiger charge is 2.40. The zero-order chi connectivity index (χ0) is 49.7. The molecule has 0 unspecified atom stereocenters. The highest BCUT2D eigenvalue weighted by atomic mass is 19.4. The number of ether oxygens (including phenoxy) is 2. The average molecular weight is 921 g/mol. The first-order valence-corrected chi connectivity index (χ1v) is 19.2. The predicted molar refractivity (Wildman–Crippen MR) is 229 cm³/mol. The van der Waals surface area contributed by atoms with Gasteiger partial charge in [-0.05, 0) is 70.8 Å². The first kappa shape index (κ1) is 56.6. The molecule has 0 fully saturated rings. The molecule has 4 aromatic rings. The molecule has 0 aliphatic carbocycles. The zero-order valence-corrected chi connectivity index (χ0v) is 35.1. The minimum atomic E-state index is -5.00. The maximum absolute atomic E-state index is 12.3. The zero-order valence-electron chi connectivity index (χ0n) is 35.1. The van der Waals surface area contributed by atoms with Crippen molar-refractivity contribution in [2.24, 2.45) is 11.5 Å². The van der Waals surface area contributed by atoms with Gasteiger partial charge in [-0.15, -0.1) is 13.2 Å². The van der Waals surface area contributed by atoms with E-state index in [2.05, 4.69) is 19.2 Å². The molecule has 0 saturated heterocycles. The van der Waals surface area contributed by atoms with Crippen LogP contribution < -0.4 is 22.1 Å². The third kappa shape index (κ3) is 21.3. The number of amides is 2. The molecule has 4 aromatic carbocycles. The monoisotopic (exact) mass is 920 g/mol. The van der Waals surface area contributed by atoms with E-state index < -0.39 is 42.9 Å². The third-order valence-electron chi connectivity index (χ3n) is 8.38. The molecule has 0 saturated carbocycles. The molecule has 0 aromatic heterocycles. The van der Waals surface area contributed by atoms with Gasteiger partial charge in [0.1, 0.15) is 0 Å². The normalized spacial score (nSPS) is 12.2. The van der Waals surface area contributed by atoms with Gasteiger partial charge < -0.3 is 41.8 Å². The molecule has 0 bridgehead atoms. The molecule has 0 aliphatic rings. The molecule has 20 heteroatoms. The number of benzene rings is 4. The van der Waals surface area contributed by atoms with Crippen molar-refractivity contribution in [3.05, 3.63) is 167 Å². The molecule has 0 heterocycles. The fraction of sp³-hybridized carbons (Fsp3) is 0.261. The molecular formula is C46H46F6N8O6. The van der Waals surface area contributed by atoms with Gasteiger partial charge in [0.15, 0.2) is 0 Å². The summed E-state index contributed by atoms with van der Waals surface area (Å²) in [5, 5.41) is 55.6. The summed E-state index contributed by atoms with van der Waals surface area (Å²) >= 11 is 0. The molecule has 348 valence electrons. The van der Waals surface area contributed by atoms with Gasteiger partial charge in [0.2, 0.25) is 0 Å². The van der Waals surface area contributed by atoms with Gasteiger partial charge in [-0.2, -0.15) is 47.4 Å². The number of nitrogens with one attached hydrogen (secondary N) is 2. The van der Waals surface area contributed by atoms with E-state index in [1.807, 2.05) is 35.7 Å². The molecule has 0 aliphatic heterocycles. The molecule has 0 spiro atoms. The minimum Gasteiger partial charge on any atom is -0.394 e. The molecule has 2 amide bonds. The first-order chi connectivity index (χ1) is 31.3. The fourth-order valence-electron chi connectivity index (χ4n) is 4.87.